The van der Waals surface area contributed by atoms with Gasteiger partial charge in [0.1, 0.15) is 18.1 Å². The van der Waals surface area contributed by atoms with Crippen LogP contribution in [0.25, 0.3) is 0 Å². The third-order valence-corrected chi connectivity index (χ3v) is 9.34. The van der Waals surface area contributed by atoms with Gasteiger partial charge in [-0.15, -0.1) is 0 Å². The molecule has 0 radical (unpaired) electrons. The Bertz CT molecular complexity index is 1090. The molecular weight excluding hydrogens is 468 g/mol. The van der Waals surface area contributed by atoms with E-state index in [1.54, 1.807) is 6.92 Å². The zero-order valence-electron chi connectivity index (χ0n) is 23.7. The lowest BCUT2D eigenvalue weighted by atomic mass is 9.45. The molecule has 0 amide bonds. The number of hydrogen-bond acceptors (Lipinski definition) is 6. The molecule has 0 bridgehead atoms. The van der Waals surface area contributed by atoms with E-state index in [9.17, 15) is 19.8 Å². The van der Waals surface area contributed by atoms with E-state index >= 15 is 0 Å². The van der Waals surface area contributed by atoms with Crippen molar-refractivity contribution in [3.05, 3.63) is 51.6 Å². The molecule has 2 saturated carbocycles. The van der Waals surface area contributed by atoms with Crippen LogP contribution in [0.1, 0.15) is 91.2 Å². The van der Waals surface area contributed by atoms with Crippen LogP contribution in [0.5, 0.6) is 5.75 Å². The summed E-state index contributed by atoms with van der Waals surface area (Å²) in [5, 5.41) is 21.1. The zero-order valence-corrected chi connectivity index (χ0v) is 23.7. The maximum absolute atomic E-state index is 12.9. The predicted octanol–water partition coefficient (Wildman–Crippen LogP) is 6.26. The van der Waals surface area contributed by atoms with Gasteiger partial charge in [-0.3, -0.25) is 0 Å². The van der Waals surface area contributed by atoms with Crippen molar-refractivity contribution in [3.8, 4) is 5.75 Å². The standard InChI is InChI=1S/C31H46O6/c1-18(2)10-9-14-31(8)24-12-11-20(5)23(16-22-27(33)21(6)17-36-28(22)34)30(24,7)15-13-25(31)37-29(35)26(32)19(3)4/h10,17,19,23-26,32-33H,5,9,11-16H2,1-4,6-8H3/t23-,24+,25-,26+,30+,31-/m0/s1. The SMILES string of the molecule is C=C1CC[C@H]2[C@](C)(CCC=C(C)C)[C@@H](OC(=O)[C@H](O)C(C)C)CC[C@]2(C)[C@H]1Cc1c(O)c(C)coc1=O. The summed E-state index contributed by atoms with van der Waals surface area (Å²) in [7, 11) is 0. The van der Waals surface area contributed by atoms with Crippen LogP contribution in [0.3, 0.4) is 0 Å². The first-order valence-electron chi connectivity index (χ1n) is 13.7. The highest BCUT2D eigenvalue weighted by Crippen LogP contribution is 2.63. The summed E-state index contributed by atoms with van der Waals surface area (Å²) >= 11 is 0. The zero-order chi connectivity index (χ0) is 27.7. The number of aliphatic hydroxyl groups is 1. The lowest BCUT2D eigenvalue weighted by Gasteiger charge is -2.61. The topological polar surface area (TPSA) is 97.0 Å². The van der Waals surface area contributed by atoms with E-state index < -0.39 is 17.7 Å². The molecule has 0 saturated heterocycles. The Morgan fingerprint density at radius 2 is 1.97 bits per heavy atom. The van der Waals surface area contributed by atoms with E-state index in [0.29, 0.717) is 24.0 Å². The summed E-state index contributed by atoms with van der Waals surface area (Å²) in [5.74, 6) is -0.554. The van der Waals surface area contributed by atoms with E-state index in [4.69, 9.17) is 9.15 Å². The molecule has 0 aliphatic heterocycles. The molecule has 206 valence electrons. The largest absolute Gasteiger partial charge is 0.507 e. The van der Waals surface area contributed by atoms with Crippen molar-refractivity contribution >= 4 is 5.97 Å². The van der Waals surface area contributed by atoms with Crippen LogP contribution in [-0.4, -0.2) is 28.4 Å². The molecule has 0 spiro atoms. The first kappa shape index (κ1) is 29.2. The second-order valence-electron chi connectivity index (χ2n) is 12.5. The van der Waals surface area contributed by atoms with Crippen LogP contribution in [0.4, 0.5) is 0 Å². The molecule has 0 unspecified atom stereocenters. The van der Waals surface area contributed by atoms with Gasteiger partial charge in [0.25, 0.3) is 0 Å². The molecule has 37 heavy (non-hydrogen) atoms. The van der Waals surface area contributed by atoms with E-state index in [1.807, 2.05) is 13.8 Å². The predicted molar refractivity (Wildman–Crippen MR) is 145 cm³/mol. The number of fused-ring (bicyclic) bond motifs is 1. The van der Waals surface area contributed by atoms with Crippen molar-refractivity contribution in [2.45, 2.75) is 106 Å². The van der Waals surface area contributed by atoms with Crippen LogP contribution in [0.15, 0.2) is 39.3 Å². The summed E-state index contributed by atoms with van der Waals surface area (Å²) in [6, 6.07) is 0. The van der Waals surface area contributed by atoms with Gasteiger partial charge in [-0.1, -0.05) is 51.5 Å². The molecule has 2 fully saturated rings. The average Bonchev–Trinajstić information content (AvgIpc) is 2.81. The first-order valence-corrected chi connectivity index (χ1v) is 13.7. The Kier molecular flexibility index (Phi) is 8.83. The number of aromatic hydroxyl groups is 1. The molecule has 6 atom stereocenters. The number of esters is 1. The molecular formula is C31H46O6. The highest BCUT2D eigenvalue weighted by molar-refractivity contribution is 5.74. The van der Waals surface area contributed by atoms with Crippen LogP contribution in [0, 0.1) is 35.5 Å². The van der Waals surface area contributed by atoms with Crippen molar-refractivity contribution in [3.63, 3.8) is 0 Å². The molecule has 0 aromatic carbocycles. The minimum Gasteiger partial charge on any atom is -0.507 e. The van der Waals surface area contributed by atoms with Gasteiger partial charge in [-0.05, 0) is 88.9 Å². The van der Waals surface area contributed by atoms with Crippen LogP contribution >= 0.6 is 0 Å². The van der Waals surface area contributed by atoms with E-state index in [2.05, 4.69) is 40.3 Å². The highest BCUT2D eigenvalue weighted by atomic mass is 16.6. The van der Waals surface area contributed by atoms with Crippen molar-refractivity contribution in [1.82, 2.24) is 0 Å². The van der Waals surface area contributed by atoms with Crippen LogP contribution in [-0.2, 0) is 16.0 Å². The number of carbonyl (C=O) groups excluding carboxylic acids is 1. The van der Waals surface area contributed by atoms with Gasteiger partial charge in [0.2, 0.25) is 0 Å². The number of ether oxygens (including phenoxy) is 1. The Morgan fingerprint density at radius 3 is 2.59 bits per heavy atom. The fourth-order valence-corrected chi connectivity index (χ4v) is 7.02. The van der Waals surface area contributed by atoms with Gasteiger partial charge in [0, 0.05) is 11.0 Å². The van der Waals surface area contributed by atoms with Gasteiger partial charge >= 0.3 is 11.6 Å². The van der Waals surface area contributed by atoms with E-state index in [1.165, 1.54) is 11.8 Å². The Labute approximate surface area is 221 Å². The Hall–Kier alpha value is -2.34. The van der Waals surface area contributed by atoms with Gasteiger partial charge < -0.3 is 19.4 Å². The van der Waals surface area contributed by atoms with Crippen LogP contribution in [0.2, 0.25) is 0 Å². The molecule has 6 nitrogen and oxygen atoms in total. The van der Waals surface area contributed by atoms with Crippen molar-refractivity contribution < 1.29 is 24.2 Å². The van der Waals surface area contributed by atoms with Crippen molar-refractivity contribution in [2.24, 2.45) is 28.6 Å². The summed E-state index contributed by atoms with van der Waals surface area (Å²) < 4.78 is 11.3. The fraction of sp³-hybridized carbons (Fsp3) is 0.677. The molecule has 1 aromatic heterocycles. The maximum atomic E-state index is 12.9. The van der Waals surface area contributed by atoms with Crippen LogP contribution < -0.4 is 5.63 Å². The number of carbonyl (C=O) groups is 1. The monoisotopic (exact) mass is 514 g/mol. The lowest BCUT2D eigenvalue weighted by molar-refractivity contribution is -0.190. The Balaban J connectivity index is 2.00. The summed E-state index contributed by atoms with van der Waals surface area (Å²) in [4.78, 5) is 25.5. The van der Waals surface area contributed by atoms with Gasteiger partial charge in [-0.25, -0.2) is 9.59 Å². The normalized spacial score (nSPS) is 30.5. The number of aliphatic hydroxyl groups excluding tert-OH is 1. The number of aryl methyl sites for hydroxylation is 1. The smallest absolute Gasteiger partial charge is 0.342 e. The Morgan fingerprint density at radius 1 is 1.30 bits per heavy atom. The third-order valence-electron chi connectivity index (χ3n) is 9.34. The maximum Gasteiger partial charge on any atom is 0.342 e. The molecule has 1 aromatic rings. The molecule has 2 N–H and O–H groups in total. The minimum absolute atomic E-state index is 0.00591. The average molecular weight is 515 g/mol. The first-order chi connectivity index (χ1) is 17.2. The molecule has 1 heterocycles. The third kappa shape index (κ3) is 5.74. The second kappa shape index (κ2) is 11.2. The summed E-state index contributed by atoms with van der Waals surface area (Å²) in [6.07, 6.45) is 7.40. The van der Waals surface area contributed by atoms with Crippen molar-refractivity contribution in [2.75, 3.05) is 0 Å². The van der Waals surface area contributed by atoms with E-state index in [0.717, 1.165) is 37.7 Å². The quantitative estimate of drug-likeness (QED) is 0.314. The minimum atomic E-state index is -1.14. The summed E-state index contributed by atoms with van der Waals surface area (Å²) in [5.41, 5.74) is 2.19. The van der Waals surface area contributed by atoms with Gasteiger partial charge in [0.05, 0.1) is 5.56 Å². The van der Waals surface area contributed by atoms with Gasteiger partial charge in [0.15, 0.2) is 6.10 Å². The highest BCUT2D eigenvalue weighted by Gasteiger charge is 2.59. The number of allylic oxidation sites excluding steroid dienone is 3. The fourth-order valence-electron chi connectivity index (χ4n) is 7.02. The molecule has 2 aliphatic rings. The summed E-state index contributed by atoms with van der Waals surface area (Å²) in [6.45, 7) is 18.5. The molecule has 6 heteroatoms. The molecule has 3 rings (SSSR count). The lowest BCUT2D eigenvalue weighted by Crippen LogP contribution is -2.57. The number of rotatable bonds is 8. The second-order valence-corrected chi connectivity index (χ2v) is 12.5. The van der Waals surface area contributed by atoms with E-state index in [-0.39, 0.29) is 40.4 Å². The van der Waals surface area contributed by atoms with Gasteiger partial charge in [-0.2, -0.15) is 0 Å². The van der Waals surface area contributed by atoms with Crippen molar-refractivity contribution in [1.29, 1.82) is 0 Å². The number of hydrogen-bond donors (Lipinski definition) is 2. The molecule has 2 aliphatic carbocycles.